The number of hydrogen-bond acceptors (Lipinski definition) is 2. The minimum absolute atomic E-state index is 0.663. The lowest BCUT2D eigenvalue weighted by atomic mass is 9.95. The van der Waals surface area contributed by atoms with Crippen LogP contribution in [0, 0.1) is 0 Å². The van der Waals surface area contributed by atoms with Gasteiger partial charge < -0.3 is 15.1 Å². The summed E-state index contributed by atoms with van der Waals surface area (Å²) < 4.78 is 0. The third-order valence-electron chi connectivity index (χ3n) is 4.26. The molecule has 0 spiro atoms. The molecule has 1 saturated carbocycles. The average Bonchev–Trinajstić information content (AvgIpc) is 2.47. The molecule has 112 valence electrons. The van der Waals surface area contributed by atoms with E-state index in [1.807, 2.05) is 0 Å². The van der Waals surface area contributed by atoms with Crippen LogP contribution in [-0.4, -0.2) is 54.2 Å². The molecule has 0 atom stereocenters. The lowest BCUT2D eigenvalue weighted by Gasteiger charge is -2.33. The Kier molecular flexibility index (Phi) is 8.38. The molecule has 1 aliphatic carbocycles. The molecule has 1 aliphatic rings. The number of rotatable bonds is 7. The van der Waals surface area contributed by atoms with E-state index in [0.717, 1.165) is 31.3 Å². The fourth-order valence-electron chi connectivity index (χ4n) is 2.80. The molecule has 1 N–H and O–H groups in total. The zero-order valence-corrected chi connectivity index (χ0v) is 13.8. The lowest BCUT2D eigenvalue weighted by molar-refractivity contribution is 0.273. The van der Waals surface area contributed by atoms with Gasteiger partial charge in [0.15, 0.2) is 5.11 Å². The van der Waals surface area contributed by atoms with Gasteiger partial charge in [0.25, 0.3) is 0 Å². The summed E-state index contributed by atoms with van der Waals surface area (Å²) in [5.74, 6) is 0. The van der Waals surface area contributed by atoms with Crippen molar-refractivity contribution in [1.82, 2.24) is 15.1 Å². The Morgan fingerprint density at radius 1 is 1.16 bits per heavy atom. The summed E-state index contributed by atoms with van der Waals surface area (Å²) >= 11 is 5.49. The van der Waals surface area contributed by atoms with E-state index in [-0.39, 0.29) is 0 Å². The molecule has 0 saturated heterocycles. The molecule has 0 radical (unpaired) electrons. The Bertz CT molecular complexity index is 248. The average molecular weight is 286 g/mol. The van der Waals surface area contributed by atoms with E-state index in [9.17, 15) is 0 Å². The maximum Gasteiger partial charge on any atom is 0.168 e. The SMILES string of the molecule is CCN(CC)CCCNC(=S)N(C)C1CCCCC1. The van der Waals surface area contributed by atoms with Gasteiger partial charge in [0.1, 0.15) is 0 Å². The van der Waals surface area contributed by atoms with E-state index < -0.39 is 0 Å². The van der Waals surface area contributed by atoms with Crippen LogP contribution in [0.4, 0.5) is 0 Å². The van der Waals surface area contributed by atoms with Crippen LogP contribution >= 0.6 is 12.2 Å². The minimum atomic E-state index is 0.663. The predicted molar refractivity (Wildman–Crippen MR) is 87.6 cm³/mol. The number of thiocarbonyl (C=S) groups is 1. The molecule has 1 rings (SSSR count). The molecule has 0 aromatic heterocycles. The first kappa shape index (κ1) is 16.7. The van der Waals surface area contributed by atoms with Gasteiger partial charge in [0, 0.05) is 19.6 Å². The van der Waals surface area contributed by atoms with Crippen LogP contribution in [0.25, 0.3) is 0 Å². The molecule has 0 aromatic carbocycles. The second-order valence-electron chi connectivity index (χ2n) is 5.52. The van der Waals surface area contributed by atoms with Crippen LogP contribution in [0.5, 0.6) is 0 Å². The highest BCUT2D eigenvalue weighted by molar-refractivity contribution is 7.80. The van der Waals surface area contributed by atoms with Crippen molar-refractivity contribution in [2.75, 3.05) is 33.2 Å². The van der Waals surface area contributed by atoms with Crippen molar-refractivity contribution in [1.29, 1.82) is 0 Å². The Balaban J connectivity index is 2.15. The van der Waals surface area contributed by atoms with Gasteiger partial charge >= 0.3 is 0 Å². The molecule has 19 heavy (non-hydrogen) atoms. The molecule has 0 heterocycles. The highest BCUT2D eigenvalue weighted by atomic mass is 32.1. The van der Waals surface area contributed by atoms with Crippen LogP contribution in [0.3, 0.4) is 0 Å². The molecule has 0 bridgehead atoms. The first-order chi connectivity index (χ1) is 9.19. The normalized spacial score (nSPS) is 16.6. The largest absolute Gasteiger partial charge is 0.363 e. The van der Waals surface area contributed by atoms with Crippen molar-refractivity contribution >= 4 is 17.3 Å². The Hall–Kier alpha value is -0.350. The predicted octanol–water partition coefficient (Wildman–Crippen LogP) is 2.86. The van der Waals surface area contributed by atoms with Crippen LogP contribution in [0.15, 0.2) is 0 Å². The van der Waals surface area contributed by atoms with Crippen molar-refractivity contribution in [3.05, 3.63) is 0 Å². The maximum atomic E-state index is 5.49. The van der Waals surface area contributed by atoms with Crippen molar-refractivity contribution in [3.63, 3.8) is 0 Å². The Morgan fingerprint density at radius 2 is 1.79 bits per heavy atom. The van der Waals surface area contributed by atoms with Crippen molar-refractivity contribution in [3.8, 4) is 0 Å². The van der Waals surface area contributed by atoms with Gasteiger partial charge in [-0.25, -0.2) is 0 Å². The van der Waals surface area contributed by atoms with Gasteiger partial charge in [-0.05, 0) is 51.1 Å². The summed E-state index contributed by atoms with van der Waals surface area (Å²) in [6.07, 6.45) is 7.89. The van der Waals surface area contributed by atoms with E-state index in [1.54, 1.807) is 0 Å². The van der Waals surface area contributed by atoms with Gasteiger partial charge in [0.05, 0.1) is 0 Å². The topological polar surface area (TPSA) is 18.5 Å². The summed E-state index contributed by atoms with van der Waals surface area (Å²) in [6, 6.07) is 0.663. The summed E-state index contributed by atoms with van der Waals surface area (Å²) in [5, 5.41) is 4.35. The van der Waals surface area contributed by atoms with E-state index in [1.165, 1.54) is 38.5 Å². The van der Waals surface area contributed by atoms with E-state index >= 15 is 0 Å². The standard InChI is InChI=1S/C15H31N3S/c1-4-18(5-2)13-9-12-16-15(19)17(3)14-10-7-6-8-11-14/h14H,4-13H2,1-3H3,(H,16,19). The first-order valence-electron chi connectivity index (χ1n) is 7.92. The van der Waals surface area contributed by atoms with Crippen LogP contribution in [0.2, 0.25) is 0 Å². The Morgan fingerprint density at radius 3 is 2.37 bits per heavy atom. The lowest BCUT2D eigenvalue weighted by Crippen LogP contribution is -2.44. The summed E-state index contributed by atoms with van der Waals surface area (Å²) in [6.45, 7) is 8.88. The van der Waals surface area contributed by atoms with Crippen LogP contribution < -0.4 is 5.32 Å². The minimum Gasteiger partial charge on any atom is -0.363 e. The second kappa shape index (κ2) is 9.54. The fourth-order valence-corrected chi connectivity index (χ4v) is 3.05. The van der Waals surface area contributed by atoms with Gasteiger partial charge in [-0.2, -0.15) is 0 Å². The van der Waals surface area contributed by atoms with Crippen molar-refractivity contribution in [2.45, 2.75) is 58.4 Å². The maximum absolute atomic E-state index is 5.49. The van der Waals surface area contributed by atoms with E-state index in [2.05, 4.69) is 36.0 Å². The van der Waals surface area contributed by atoms with Gasteiger partial charge in [-0.3, -0.25) is 0 Å². The zero-order chi connectivity index (χ0) is 14.1. The highest BCUT2D eigenvalue weighted by Gasteiger charge is 2.19. The first-order valence-corrected chi connectivity index (χ1v) is 8.32. The Labute approximate surface area is 124 Å². The van der Waals surface area contributed by atoms with Crippen molar-refractivity contribution in [2.24, 2.45) is 0 Å². The quantitative estimate of drug-likeness (QED) is 0.572. The van der Waals surface area contributed by atoms with E-state index in [4.69, 9.17) is 12.2 Å². The van der Waals surface area contributed by atoms with Crippen molar-refractivity contribution < 1.29 is 0 Å². The summed E-state index contributed by atoms with van der Waals surface area (Å²) in [5.41, 5.74) is 0. The molecule has 0 amide bonds. The van der Waals surface area contributed by atoms with Crippen LogP contribution in [0.1, 0.15) is 52.4 Å². The fraction of sp³-hybridized carbons (Fsp3) is 0.933. The monoisotopic (exact) mass is 285 g/mol. The van der Waals surface area contributed by atoms with Gasteiger partial charge in [-0.1, -0.05) is 33.1 Å². The van der Waals surface area contributed by atoms with Crippen LogP contribution in [-0.2, 0) is 0 Å². The molecule has 0 aliphatic heterocycles. The smallest absolute Gasteiger partial charge is 0.168 e. The van der Waals surface area contributed by atoms with Gasteiger partial charge in [0.2, 0.25) is 0 Å². The number of nitrogens with zero attached hydrogens (tertiary/aromatic N) is 2. The van der Waals surface area contributed by atoms with Gasteiger partial charge in [-0.15, -0.1) is 0 Å². The molecule has 3 nitrogen and oxygen atoms in total. The number of hydrogen-bond donors (Lipinski definition) is 1. The molecule has 1 fully saturated rings. The molecule has 4 heteroatoms. The molecule has 0 unspecified atom stereocenters. The second-order valence-corrected chi connectivity index (χ2v) is 5.90. The molecular formula is C15H31N3S. The van der Waals surface area contributed by atoms with E-state index in [0.29, 0.717) is 6.04 Å². The molecular weight excluding hydrogens is 254 g/mol. The number of nitrogens with one attached hydrogen (secondary N) is 1. The summed E-state index contributed by atoms with van der Waals surface area (Å²) in [7, 11) is 2.15. The third-order valence-corrected chi connectivity index (χ3v) is 4.70. The third kappa shape index (κ3) is 6.09. The zero-order valence-electron chi connectivity index (χ0n) is 13.0. The molecule has 0 aromatic rings. The highest BCUT2D eigenvalue weighted by Crippen LogP contribution is 2.21. The summed E-state index contributed by atoms with van der Waals surface area (Å²) in [4.78, 5) is 4.74.